The third kappa shape index (κ3) is 3.96. The fraction of sp³-hybridized carbons (Fsp3) is 0.167. The van der Waals surface area contributed by atoms with Crippen LogP contribution in [0.5, 0.6) is 0 Å². The summed E-state index contributed by atoms with van der Waals surface area (Å²) in [4.78, 5) is 12.1. The van der Waals surface area contributed by atoms with Crippen LogP contribution >= 0.6 is 11.6 Å². The van der Waals surface area contributed by atoms with Crippen molar-refractivity contribution >= 4 is 23.1 Å². The van der Waals surface area contributed by atoms with Crippen LogP contribution in [0.4, 0.5) is 5.69 Å². The minimum Gasteiger partial charge on any atom is -0.362 e. The second-order valence-corrected chi connectivity index (χ2v) is 5.51. The van der Waals surface area contributed by atoms with E-state index in [0.717, 1.165) is 21.8 Å². The van der Waals surface area contributed by atoms with E-state index in [1.54, 1.807) is 6.20 Å². The number of hydrogen-bond acceptors (Lipinski definition) is 2. The van der Waals surface area contributed by atoms with E-state index >= 15 is 0 Å². The van der Waals surface area contributed by atoms with E-state index in [4.69, 9.17) is 11.6 Å². The Kier molecular flexibility index (Phi) is 4.81. The average molecular weight is 300 g/mol. The zero-order valence-electron chi connectivity index (χ0n) is 12.4. The molecule has 0 fully saturated rings. The lowest BCUT2D eigenvalue weighted by molar-refractivity contribution is 0.104. The molecule has 0 heterocycles. The summed E-state index contributed by atoms with van der Waals surface area (Å²) < 4.78 is 0. The van der Waals surface area contributed by atoms with Crippen molar-refractivity contribution in [1.29, 1.82) is 0 Å². The molecule has 0 spiro atoms. The third-order valence-corrected chi connectivity index (χ3v) is 3.86. The van der Waals surface area contributed by atoms with Gasteiger partial charge in [-0.1, -0.05) is 23.7 Å². The van der Waals surface area contributed by atoms with Crippen LogP contribution < -0.4 is 5.32 Å². The van der Waals surface area contributed by atoms with Crippen molar-refractivity contribution in [2.75, 3.05) is 5.32 Å². The zero-order chi connectivity index (χ0) is 15.4. The standard InChI is InChI=1S/C18H18ClNO/c1-12-4-5-15(10-13(12)2)18(21)8-9-20-16-6-7-17(19)14(3)11-16/h4-11,20H,1-3H3/b9-8+. The molecule has 0 saturated carbocycles. The highest BCUT2D eigenvalue weighted by atomic mass is 35.5. The normalized spacial score (nSPS) is 10.9. The summed E-state index contributed by atoms with van der Waals surface area (Å²) in [5.41, 5.74) is 4.90. The van der Waals surface area contributed by atoms with Gasteiger partial charge in [-0.2, -0.15) is 0 Å². The van der Waals surface area contributed by atoms with Crippen molar-refractivity contribution in [2.45, 2.75) is 20.8 Å². The Balaban J connectivity index is 2.04. The van der Waals surface area contributed by atoms with Crippen LogP contribution in [0.2, 0.25) is 5.02 Å². The second-order valence-electron chi connectivity index (χ2n) is 5.10. The molecule has 0 bridgehead atoms. The Bertz CT molecular complexity index is 704. The number of aryl methyl sites for hydroxylation is 3. The van der Waals surface area contributed by atoms with Crippen LogP contribution in [0.25, 0.3) is 0 Å². The molecule has 108 valence electrons. The first-order chi connectivity index (χ1) is 9.97. The molecule has 0 saturated heterocycles. The molecule has 0 aliphatic carbocycles. The Morgan fingerprint density at radius 2 is 1.76 bits per heavy atom. The number of ketones is 1. The van der Waals surface area contributed by atoms with Crippen molar-refractivity contribution in [3.05, 3.63) is 76.0 Å². The maximum atomic E-state index is 12.1. The number of allylic oxidation sites excluding steroid dienone is 1. The van der Waals surface area contributed by atoms with Crippen LogP contribution in [-0.4, -0.2) is 5.78 Å². The molecular formula is C18H18ClNO. The molecule has 21 heavy (non-hydrogen) atoms. The third-order valence-electron chi connectivity index (χ3n) is 3.43. The molecule has 3 heteroatoms. The maximum Gasteiger partial charge on any atom is 0.187 e. The van der Waals surface area contributed by atoms with Crippen LogP contribution in [0.15, 0.2) is 48.7 Å². The van der Waals surface area contributed by atoms with E-state index < -0.39 is 0 Å². The lowest BCUT2D eigenvalue weighted by Gasteiger charge is -2.04. The highest BCUT2D eigenvalue weighted by Gasteiger charge is 2.03. The van der Waals surface area contributed by atoms with Crippen molar-refractivity contribution < 1.29 is 4.79 Å². The molecule has 2 nitrogen and oxygen atoms in total. The van der Waals surface area contributed by atoms with Crippen LogP contribution in [0.3, 0.4) is 0 Å². The molecule has 0 aliphatic rings. The molecule has 0 aromatic heterocycles. The number of nitrogens with one attached hydrogen (secondary N) is 1. The van der Waals surface area contributed by atoms with Gasteiger partial charge in [-0.05, 0) is 61.7 Å². The summed E-state index contributed by atoms with van der Waals surface area (Å²) in [6, 6.07) is 11.4. The smallest absolute Gasteiger partial charge is 0.187 e. The van der Waals surface area contributed by atoms with E-state index in [9.17, 15) is 4.79 Å². The van der Waals surface area contributed by atoms with Gasteiger partial charge in [-0.15, -0.1) is 0 Å². The fourth-order valence-electron chi connectivity index (χ4n) is 1.94. The summed E-state index contributed by atoms with van der Waals surface area (Å²) in [7, 11) is 0. The Hall–Kier alpha value is -2.06. The summed E-state index contributed by atoms with van der Waals surface area (Å²) in [6.07, 6.45) is 3.19. The van der Waals surface area contributed by atoms with Crippen molar-refractivity contribution in [3.63, 3.8) is 0 Å². The fourth-order valence-corrected chi connectivity index (χ4v) is 2.06. The van der Waals surface area contributed by atoms with Gasteiger partial charge < -0.3 is 5.32 Å². The van der Waals surface area contributed by atoms with E-state index in [2.05, 4.69) is 5.32 Å². The number of anilines is 1. The van der Waals surface area contributed by atoms with Crippen LogP contribution in [0, 0.1) is 20.8 Å². The summed E-state index contributed by atoms with van der Waals surface area (Å²) in [5.74, 6) is -0.0173. The number of carbonyl (C=O) groups is 1. The highest BCUT2D eigenvalue weighted by molar-refractivity contribution is 6.31. The SMILES string of the molecule is Cc1ccc(C(=O)/C=C/Nc2ccc(Cl)c(C)c2)cc1C. The quantitative estimate of drug-likeness (QED) is 0.630. The first-order valence-electron chi connectivity index (χ1n) is 6.78. The van der Waals surface area contributed by atoms with Gasteiger partial charge in [-0.25, -0.2) is 0 Å². The van der Waals surface area contributed by atoms with E-state index in [-0.39, 0.29) is 5.78 Å². The van der Waals surface area contributed by atoms with Gasteiger partial charge in [0.15, 0.2) is 5.78 Å². The van der Waals surface area contributed by atoms with Gasteiger partial charge in [-0.3, -0.25) is 4.79 Å². The Morgan fingerprint density at radius 1 is 1.00 bits per heavy atom. The number of hydrogen-bond donors (Lipinski definition) is 1. The molecule has 0 radical (unpaired) electrons. The molecule has 2 rings (SSSR count). The highest BCUT2D eigenvalue weighted by Crippen LogP contribution is 2.19. The van der Waals surface area contributed by atoms with Crippen molar-refractivity contribution in [1.82, 2.24) is 0 Å². The second kappa shape index (κ2) is 6.59. The largest absolute Gasteiger partial charge is 0.362 e. The van der Waals surface area contributed by atoms with E-state index in [0.29, 0.717) is 5.56 Å². The van der Waals surface area contributed by atoms with E-state index in [1.807, 2.05) is 57.2 Å². The van der Waals surface area contributed by atoms with Crippen LogP contribution in [-0.2, 0) is 0 Å². The van der Waals surface area contributed by atoms with Gasteiger partial charge >= 0.3 is 0 Å². The van der Waals surface area contributed by atoms with Gasteiger partial charge in [0.1, 0.15) is 0 Å². The minimum absolute atomic E-state index is 0.0173. The van der Waals surface area contributed by atoms with Gasteiger partial charge in [0, 0.05) is 28.5 Å². The molecule has 2 aromatic carbocycles. The van der Waals surface area contributed by atoms with Gasteiger partial charge in [0.2, 0.25) is 0 Å². The Labute approximate surface area is 130 Å². The first kappa shape index (κ1) is 15.3. The number of benzene rings is 2. The molecule has 0 unspecified atom stereocenters. The number of rotatable bonds is 4. The Morgan fingerprint density at radius 3 is 2.43 bits per heavy atom. The molecule has 0 aliphatic heterocycles. The summed E-state index contributed by atoms with van der Waals surface area (Å²) in [6.45, 7) is 5.98. The molecule has 1 N–H and O–H groups in total. The zero-order valence-corrected chi connectivity index (χ0v) is 13.2. The molecule has 0 atom stereocenters. The lowest BCUT2D eigenvalue weighted by atomic mass is 10.0. The number of halogens is 1. The molecule has 0 amide bonds. The molecular weight excluding hydrogens is 282 g/mol. The van der Waals surface area contributed by atoms with Gasteiger partial charge in [0.25, 0.3) is 0 Å². The summed E-state index contributed by atoms with van der Waals surface area (Å²) >= 11 is 5.97. The monoisotopic (exact) mass is 299 g/mol. The van der Waals surface area contributed by atoms with E-state index in [1.165, 1.54) is 11.6 Å². The van der Waals surface area contributed by atoms with Crippen molar-refractivity contribution in [2.24, 2.45) is 0 Å². The van der Waals surface area contributed by atoms with Crippen LogP contribution in [0.1, 0.15) is 27.0 Å². The van der Waals surface area contributed by atoms with Crippen molar-refractivity contribution in [3.8, 4) is 0 Å². The number of carbonyl (C=O) groups excluding carboxylic acids is 1. The lowest BCUT2D eigenvalue weighted by Crippen LogP contribution is -1.97. The molecule has 2 aromatic rings. The predicted octanol–water partition coefficient (Wildman–Crippen LogP) is 5.07. The first-order valence-corrected chi connectivity index (χ1v) is 7.16. The predicted molar refractivity (Wildman–Crippen MR) is 89.2 cm³/mol. The topological polar surface area (TPSA) is 29.1 Å². The maximum absolute atomic E-state index is 12.1. The summed E-state index contributed by atoms with van der Waals surface area (Å²) in [5, 5.41) is 3.81. The van der Waals surface area contributed by atoms with Gasteiger partial charge in [0.05, 0.1) is 0 Å². The minimum atomic E-state index is -0.0173. The average Bonchev–Trinajstić information content (AvgIpc) is 2.45.